The minimum Gasteiger partial charge on any atom is -0.497 e. The molecule has 0 bridgehead atoms. The Morgan fingerprint density at radius 1 is 1.28 bits per heavy atom. The van der Waals surface area contributed by atoms with E-state index in [4.69, 9.17) is 16.3 Å². The molecule has 1 aromatic carbocycles. The summed E-state index contributed by atoms with van der Waals surface area (Å²) in [5.74, 6) is 0.352. The first-order valence-corrected chi connectivity index (χ1v) is 10.3. The normalized spacial score (nSPS) is 15.0. The highest BCUT2D eigenvalue weighted by molar-refractivity contribution is 6.68. The number of allylic oxidation sites excluding steroid dienone is 2. The number of carboxylic acid groups (broad SMARTS) is 1. The topological polar surface area (TPSA) is 78.3 Å². The summed E-state index contributed by atoms with van der Waals surface area (Å²) < 4.78 is 5.26. The van der Waals surface area contributed by atoms with Crippen LogP contribution in [0.3, 0.4) is 0 Å². The third-order valence-corrected chi connectivity index (χ3v) is 5.17. The van der Waals surface area contributed by atoms with Gasteiger partial charge in [-0.15, -0.1) is 0 Å². The maximum absolute atomic E-state index is 11.9. The maximum Gasteiger partial charge on any atom is 0.354 e. The van der Waals surface area contributed by atoms with Crippen LogP contribution >= 0.6 is 11.6 Å². The number of hydrazone groups is 1. The zero-order valence-corrected chi connectivity index (χ0v) is 18.4. The molecule has 2 aromatic rings. The average molecular weight is 449 g/mol. The highest BCUT2D eigenvalue weighted by atomic mass is 35.5. The van der Waals surface area contributed by atoms with E-state index < -0.39 is 5.97 Å². The molecular formula is C24H21ClN4O3. The van der Waals surface area contributed by atoms with Crippen LogP contribution < -0.4 is 9.64 Å². The fourth-order valence-electron chi connectivity index (χ4n) is 3.39. The van der Waals surface area contributed by atoms with E-state index in [9.17, 15) is 9.90 Å². The Balaban J connectivity index is 1.81. The number of carbonyl (C=O) groups is 1. The number of aryl methyl sites for hydroxylation is 1. The molecule has 1 N–H and O–H groups in total. The van der Waals surface area contributed by atoms with E-state index >= 15 is 0 Å². The van der Waals surface area contributed by atoms with E-state index in [-0.39, 0.29) is 10.9 Å². The molecule has 32 heavy (non-hydrogen) atoms. The molecule has 2 aliphatic heterocycles. The second kappa shape index (κ2) is 9.14. The first-order valence-electron chi connectivity index (χ1n) is 9.94. The van der Waals surface area contributed by atoms with Gasteiger partial charge in [-0.05, 0) is 54.8 Å². The van der Waals surface area contributed by atoms with Gasteiger partial charge < -0.3 is 14.7 Å². The standard InChI is InChI=1S/C24H21ClN4O3/c1-16-7-12-23(26-14-16)28(15-17-8-10-18(32-2)11-9-17)21-13-22(25)27-29-19(21)5-3-4-6-20(29)24(30)31/h3,6-14H,4,15H2,1-2H3,(H,30,31). The van der Waals surface area contributed by atoms with Gasteiger partial charge in [0.05, 0.1) is 12.8 Å². The number of benzene rings is 1. The molecule has 0 atom stereocenters. The summed E-state index contributed by atoms with van der Waals surface area (Å²) >= 11 is 6.35. The predicted molar refractivity (Wildman–Crippen MR) is 123 cm³/mol. The van der Waals surface area contributed by atoms with E-state index in [1.807, 2.05) is 48.2 Å². The van der Waals surface area contributed by atoms with Crippen LogP contribution in [-0.2, 0) is 11.3 Å². The number of rotatable bonds is 6. The van der Waals surface area contributed by atoms with Gasteiger partial charge in [0.1, 0.15) is 23.0 Å². The van der Waals surface area contributed by atoms with Gasteiger partial charge in [-0.3, -0.25) is 0 Å². The van der Waals surface area contributed by atoms with Crippen molar-refractivity contribution < 1.29 is 14.6 Å². The number of anilines is 1. The van der Waals surface area contributed by atoms with E-state index in [1.165, 1.54) is 5.01 Å². The highest BCUT2D eigenvalue weighted by Crippen LogP contribution is 2.33. The van der Waals surface area contributed by atoms with Crippen LogP contribution in [0.25, 0.3) is 0 Å². The Labute approximate surface area is 190 Å². The number of ether oxygens (including phenoxy) is 1. The van der Waals surface area contributed by atoms with Crippen molar-refractivity contribution in [1.82, 2.24) is 9.99 Å². The van der Waals surface area contributed by atoms with Crippen LogP contribution in [0, 0.1) is 6.92 Å². The molecule has 1 aromatic heterocycles. The minimum absolute atomic E-state index is 0.0197. The summed E-state index contributed by atoms with van der Waals surface area (Å²) in [6.45, 7) is 2.43. The zero-order chi connectivity index (χ0) is 22.7. The van der Waals surface area contributed by atoms with Gasteiger partial charge >= 0.3 is 5.97 Å². The number of halogens is 1. The van der Waals surface area contributed by atoms with E-state index in [1.54, 1.807) is 31.5 Å². The minimum atomic E-state index is -1.09. The monoisotopic (exact) mass is 448 g/mol. The maximum atomic E-state index is 11.9. The van der Waals surface area contributed by atoms with Crippen molar-refractivity contribution >= 4 is 28.6 Å². The lowest BCUT2D eigenvalue weighted by atomic mass is 10.1. The number of methoxy groups -OCH3 is 1. The van der Waals surface area contributed by atoms with Gasteiger partial charge in [0.2, 0.25) is 0 Å². The van der Waals surface area contributed by atoms with Gasteiger partial charge in [0.25, 0.3) is 0 Å². The fraction of sp³-hybridized carbons (Fsp3) is 0.167. The van der Waals surface area contributed by atoms with E-state index in [0.29, 0.717) is 30.2 Å². The number of pyridine rings is 1. The Morgan fingerprint density at radius 2 is 2.06 bits per heavy atom. The van der Waals surface area contributed by atoms with Crippen molar-refractivity contribution in [2.45, 2.75) is 19.9 Å². The molecule has 7 nitrogen and oxygen atoms in total. The summed E-state index contributed by atoms with van der Waals surface area (Å²) in [7, 11) is 1.62. The van der Waals surface area contributed by atoms with Gasteiger partial charge in [-0.2, -0.15) is 5.10 Å². The van der Waals surface area contributed by atoms with Crippen molar-refractivity contribution in [3.8, 4) is 5.75 Å². The van der Waals surface area contributed by atoms with Gasteiger partial charge in [-0.1, -0.05) is 35.5 Å². The first kappa shape index (κ1) is 21.4. The van der Waals surface area contributed by atoms with Gasteiger partial charge in [0.15, 0.2) is 5.17 Å². The molecule has 4 rings (SSSR count). The lowest BCUT2D eigenvalue weighted by Crippen LogP contribution is -2.33. The number of hydrogen-bond donors (Lipinski definition) is 1. The summed E-state index contributed by atoms with van der Waals surface area (Å²) in [6, 6.07) is 11.6. The lowest BCUT2D eigenvalue weighted by Gasteiger charge is -2.33. The molecule has 162 valence electrons. The Hall–Kier alpha value is -3.80. The van der Waals surface area contributed by atoms with Crippen LogP contribution in [-0.4, -0.2) is 33.3 Å². The second-order valence-electron chi connectivity index (χ2n) is 7.22. The zero-order valence-electron chi connectivity index (χ0n) is 17.6. The number of nitrogens with zero attached hydrogens (tertiary/aromatic N) is 4. The summed E-state index contributed by atoms with van der Waals surface area (Å²) in [5.41, 5.74) is 6.36. The molecule has 2 aliphatic rings. The predicted octanol–water partition coefficient (Wildman–Crippen LogP) is 4.57. The van der Waals surface area contributed by atoms with Gasteiger partial charge in [0, 0.05) is 18.8 Å². The van der Waals surface area contributed by atoms with E-state index in [2.05, 4.69) is 15.8 Å². The molecule has 0 fully saturated rings. The summed E-state index contributed by atoms with van der Waals surface area (Å²) in [4.78, 5) is 18.4. The highest BCUT2D eigenvalue weighted by Gasteiger charge is 2.31. The van der Waals surface area contributed by atoms with Crippen molar-refractivity contribution in [2.75, 3.05) is 12.0 Å². The van der Waals surface area contributed by atoms with Crippen molar-refractivity contribution in [2.24, 2.45) is 5.10 Å². The number of aromatic nitrogens is 1. The fourth-order valence-corrected chi connectivity index (χ4v) is 3.57. The van der Waals surface area contributed by atoms with Crippen LogP contribution in [0.5, 0.6) is 5.75 Å². The molecule has 0 radical (unpaired) electrons. The molecule has 0 aliphatic carbocycles. The first-order chi connectivity index (χ1) is 15.5. The van der Waals surface area contributed by atoms with Crippen molar-refractivity contribution in [3.63, 3.8) is 0 Å². The van der Waals surface area contributed by atoms with Crippen molar-refractivity contribution in [3.05, 3.63) is 94.8 Å². The van der Waals surface area contributed by atoms with Crippen molar-refractivity contribution in [1.29, 1.82) is 0 Å². The number of hydrogen-bond acceptors (Lipinski definition) is 6. The third-order valence-electron chi connectivity index (χ3n) is 4.98. The van der Waals surface area contributed by atoms with Gasteiger partial charge in [-0.25, -0.2) is 14.8 Å². The molecular weight excluding hydrogens is 428 g/mol. The third kappa shape index (κ3) is 4.44. The van der Waals surface area contributed by atoms with Crippen LogP contribution in [0.2, 0.25) is 0 Å². The lowest BCUT2D eigenvalue weighted by molar-refractivity contribution is -0.134. The molecule has 0 spiro atoms. The Kier molecular flexibility index (Phi) is 6.12. The van der Waals surface area contributed by atoms with E-state index in [0.717, 1.165) is 16.9 Å². The molecule has 0 saturated carbocycles. The van der Waals surface area contributed by atoms with Crippen LogP contribution in [0.4, 0.5) is 5.82 Å². The molecule has 0 amide bonds. The molecule has 3 heterocycles. The Morgan fingerprint density at radius 3 is 2.72 bits per heavy atom. The quantitative estimate of drug-likeness (QED) is 0.652. The number of carboxylic acids is 1. The number of fused-ring (bicyclic) bond motifs is 1. The molecule has 0 saturated heterocycles. The second-order valence-corrected chi connectivity index (χ2v) is 7.61. The molecule has 0 unspecified atom stereocenters. The van der Waals surface area contributed by atoms with Crippen LogP contribution in [0.15, 0.2) is 88.7 Å². The molecule has 8 heteroatoms. The smallest absolute Gasteiger partial charge is 0.354 e. The number of aliphatic carboxylic acids is 1. The average Bonchev–Trinajstić information content (AvgIpc) is 3.01. The van der Waals surface area contributed by atoms with Crippen LogP contribution in [0.1, 0.15) is 17.5 Å². The Bertz CT molecular complexity index is 1190. The SMILES string of the molecule is COc1ccc(CN(C2=CC(Cl)=NN3C2=C=CCC=C3C(=O)O)c2ccc(C)cn2)cc1. The largest absolute Gasteiger partial charge is 0.497 e. The summed E-state index contributed by atoms with van der Waals surface area (Å²) in [6.07, 6.45) is 7.26. The summed E-state index contributed by atoms with van der Waals surface area (Å²) in [5, 5.41) is 15.4.